The number of fused-ring (bicyclic) bond motifs is 1. The lowest BCUT2D eigenvalue weighted by atomic mass is 10.2. The molecule has 76 valence electrons. The minimum Gasteiger partial charge on any atom is -0.481 e. The van der Waals surface area contributed by atoms with Gasteiger partial charge in [-0.05, 0) is 0 Å². The van der Waals surface area contributed by atoms with Gasteiger partial charge in [-0.25, -0.2) is 4.98 Å². The Hall–Kier alpha value is -1.36. The van der Waals surface area contributed by atoms with Gasteiger partial charge in [0.1, 0.15) is 12.2 Å². The van der Waals surface area contributed by atoms with Gasteiger partial charge in [0.05, 0.1) is 24.6 Å². The second kappa shape index (κ2) is 3.42. The van der Waals surface area contributed by atoms with E-state index in [-0.39, 0.29) is 6.42 Å². The number of rotatable bonds is 2. The van der Waals surface area contributed by atoms with E-state index in [0.717, 1.165) is 17.8 Å². The molecule has 14 heavy (non-hydrogen) atoms. The van der Waals surface area contributed by atoms with Crippen LogP contribution < -0.4 is 0 Å². The molecule has 5 nitrogen and oxygen atoms in total. The summed E-state index contributed by atoms with van der Waals surface area (Å²) in [6.45, 7) is 1.22. The number of hydrogen-bond acceptors (Lipinski definition) is 3. The van der Waals surface area contributed by atoms with E-state index < -0.39 is 5.97 Å². The third-order valence-corrected chi connectivity index (χ3v) is 2.42. The molecule has 1 aromatic heterocycles. The van der Waals surface area contributed by atoms with Gasteiger partial charge in [0.15, 0.2) is 0 Å². The first-order chi connectivity index (χ1) is 6.68. The molecule has 0 unspecified atom stereocenters. The first-order valence-electron chi connectivity index (χ1n) is 4.51. The molecule has 0 aromatic carbocycles. The molecule has 2 heterocycles. The van der Waals surface area contributed by atoms with Crippen LogP contribution in [-0.4, -0.2) is 27.2 Å². The first-order valence-corrected chi connectivity index (χ1v) is 4.51. The zero-order valence-electron chi connectivity index (χ0n) is 7.99. The standard InChI is InChI=1S/C9H12N2O3/c1-11-7-5-14-3-2-6(7)10-8(11)4-9(12)13/h2-5H2,1H3,(H,12,13). The van der Waals surface area contributed by atoms with Crippen molar-refractivity contribution >= 4 is 5.97 Å². The summed E-state index contributed by atoms with van der Waals surface area (Å²) in [5.41, 5.74) is 1.99. The van der Waals surface area contributed by atoms with Gasteiger partial charge in [-0.3, -0.25) is 4.79 Å². The van der Waals surface area contributed by atoms with E-state index in [1.54, 1.807) is 0 Å². The van der Waals surface area contributed by atoms with Crippen molar-refractivity contribution in [2.45, 2.75) is 19.4 Å². The summed E-state index contributed by atoms with van der Waals surface area (Å²) < 4.78 is 7.11. The highest BCUT2D eigenvalue weighted by Gasteiger charge is 2.19. The zero-order chi connectivity index (χ0) is 10.1. The molecule has 0 spiro atoms. The Balaban J connectivity index is 2.33. The molecule has 1 aliphatic heterocycles. The van der Waals surface area contributed by atoms with E-state index in [1.165, 1.54) is 0 Å². The Kier molecular flexibility index (Phi) is 2.25. The van der Waals surface area contributed by atoms with Gasteiger partial charge in [-0.1, -0.05) is 0 Å². The van der Waals surface area contributed by atoms with Gasteiger partial charge in [0, 0.05) is 13.5 Å². The number of hydrogen-bond donors (Lipinski definition) is 1. The SMILES string of the molecule is Cn1c(CC(=O)O)nc2c1COCC2. The minimum absolute atomic E-state index is 0.0243. The predicted molar refractivity (Wildman–Crippen MR) is 47.9 cm³/mol. The first kappa shape index (κ1) is 9.21. The Morgan fingerprint density at radius 3 is 3.14 bits per heavy atom. The summed E-state index contributed by atoms with van der Waals surface area (Å²) >= 11 is 0. The summed E-state index contributed by atoms with van der Waals surface area (Å²) in [5, 5.41) is 8.67. The average molecular weight is 196 g/mol. The maximum absolute atomic E-state index is 10.5. The molecule has 0 amide bonds. The summed E-state index contributed by atoms with van der Waals surface area (Å²) in [4.78, 5) is 14.8. The number of ether oxygens (including phenoxy) is 1. The van der Waals surface area contributed by atoms with Crippen LogP contribution in [0.1, 0.15) is 17.2 Å². The van der Waals surface area contributed by atoms with Crippen LogP contribution in [0.5, 0.6) is 0 Å². The second-order valence-electron chi connectivity index (χ2n) is 3.35. The fourth-order valence-corrected chi connectivity index (χ4v) is 1.66. The van der Waals surface area contributed by atoms with E-state index in [0.29, 0.717) is 19.0 Å². The molecule has 0 radical (unpaired) electrons. The van der Waals surface area contributed by atoms with E-state index >= 15 is 0 Å². The molecule has 1 aliphatic rings. The summed E-state index contributed by atoms with van der Waals surface area (Å²) in [6.07, 6.45) is 0.756. The Bertz CT molecular complexity index is 370. The van der Waals surface area contributed by atoms with Crippen molar-refractivity contribution in [3.63, 3.8) is 0 Å². The number of nitrogens with zero attached hydrogens (tertiary/aromatic N) is 2. The molecular formula is C9H12N2O3. The second-order valence-corrected chi connectivity index (χ2v) is 3.35. The number of aliphatic carboxylic acids is 1. The van der Waals surface area contributed by atoms with Crippen molar-refractivity contribution in [3.8, 4) is 0 Å². The van der Waals surface area contributed by atoms with Gasteiger partial charge >= 0.3 is 5.97 Å². The van der Waals surface area contributed by atoms with Crippen molar-refractivity contribution in [2.75, 3.05) is 6.61 Å². The molecule has 2 rings (SSSR count). The summed E-state index contributed by atoms with van der Waals surface area (Å²) in [6, 6.07) is 0. The lowest BCUT2D eigenvalue weighted by Crippen LogP contribution is -2.12. The Morgan fingerprint density at radius 2 is 2.50 bits per heavy atom. The van der Waals surface area contributed by atoms with Crippen LogP contribution >= 0.6 is 0 Å². The largest absolute Gasteiger partial charge is 0.481 e. The molecule has 1 N–H and O–H groups in total. The Labute approximate surface area is 81.3 Å². The average Bonchev–Trinajstić information content (AvgIpc) is 2.44. The van der Waals surface area contributed by atoms with Gasteiger partial charge < -0.3 is 14.4 Å². The third kappa shape index (κ3) is 1.50. The smallest absolute Gasteiger partial charge is 0.311 e. The van der Waals surface area contributed by atoms with Gasteiger partial charge in [0.25, 0.3) is 0 Å². The molecule has 0 atom stereocenters. The number of carboxylic acid groups (broad SMARTS) is 1. The molecule has 1 aromatic rings. The summed E-state index contributed by atoms with van der Waals surface area (Å²) in [7, 11) is 1.83. The number of imidazole rings is 1. The normalized spacial score (nSPS) is 15.2. The molecule has 0 fully saturated rings. The highest BCUT2D eigenvalue weighted by Crippen LogP contribution is 2.17. The topological polar surface area (TPSA) is 64.4 Å². The molecule has 0 bridgehead atoms. The van der Waals surface area contributed by atoms with E-state index in [2.05, 4.69) is 4.98 Å². The predicted octanol–water partition coefficient (Wildman–Crippen LogP) is 0.120. The Morgan fingerprint density at radius 1 is 1.71 bits per heavy atom. The van der Waals surface area contributed by atoms with Crippen LogP contribution in [0, 0.1) is 0 Å². The maximum atomic E-state index is 10.5. The fraction of sp³-hybridized carbons (Fsp3) is 0.556. The van der Waals surface area contributed by atoms with Crippen LogP contribution in [0.15, 0.2) is 0 Å². The van der Waals surface area contributed by atoms with Crippen LogP contribution in [0.3, 0.4) is 0 Å². The molecule has 0 aliphatic carbocycles. The van der Waals surface area contributed by atoms with Gasteiger partial charge in [0.2, 0.25) is 0 Å². The molecule has 0 saturated carbocycles. The van der Waals surface area contributed by atoms with Crippen molar-refractivity contribution in [1.29, 1.82) is 0 Å². The van der Waals surface area contributed by atoms with Crippen molar-refractivity contribution in [1.82, 2.24) is 9.55 Å². The van der Waals surface area contributed by atoms with Crippen molar-refractivity contribution in [2.24, 2.45) is 7.05 Å². The van der Waals surface area contributed by atoms with E-state index in [4.69, 9.17) is 9.84 Å². The molecule has 0 saturated heterocycles. The van der Waals surface area contributed by atoms with Gasteiger partial charge in [-0.15, -0.1) is 0 Å². The van der Waals surface area contributed by atoms with E-state index in [1.807, 2.05) is 11.6 Å². The van der Waals surface area contributed by atoms with Crippen LogP contribution in [0.2, 0.25) is 0 Å². The number of aromatic nitrogens is 2. The minimum atomic E-state index is -0.851. The monoisotopic (exact) mass is 196 g/mol. The quantitative estimate of drug-likeness (QED) is 0.729. The lowest BCUT2D eigenvalue weighted by molar-refractivity contribution is -0.136. The van der Waals surface area contributed by atoms with E-state index in [9.17, 15) is 4.79 Å². The lowest BCUT2D eigenvalue weighted by Gasteiger charge is -2.12. The van der Waals surface area contributed by atoms with Crippen LogP contribution in [0.4, 0.5) is 0 Å². The van der Waals surface area contributed by atoms with Gasteiger partial charge in [-0.2, -0.15) is 0 Å². The van der Waals surface area contributed by atoms with Crippen molar-refractivity contribution in [3.05, 3.63) is 17.2 Å². The highest BCUT2D eigenvalue weighted by atomic mass is 16.5. The summed E-state index contributed by atoms with van der Waals surface area (Å²) in [5.74, 6) is -0.246. The van der Waals surface area contributed by atoms with Crippen LogP contribution in [0.25, 0.3) is 0 Å². The number of carboxylic acids is 1. The third-order valence-electron chi connectivity index (χ3n) is 2.42. The maximum Gasteiger partial charge on any atom is 0.311 e. The molecule has 5 heteroatoms. The van der Waals surface area contributed by atoms with Crippen LogP contribution in [-0.2, 0) is 36.0 Å². The number of carbonyl (C=O) groups is 1. The molecular weight excluding hydrogens is 184 g/mol. The highest BCUT2D eigenvalue weighted by molar-refractivity contribution is 5.69. The van der Waals surface area contributed by atoms with Crippen molar-refractivity contribution < 1.29 is 14.6 Å². The zero-order valence-corrected chi connectivity index (χ0v) is 7.99. The fourth-order valence-electron chi connectivity index (χ4n) is 1.66.